The van der Waals surface area contributed by atoms with Crippen molar-refractivity contribution >= 4 is 5.91 Å². The molecule has 0 aromatic heterocycles. The topological polar surface area (TPSA) is 38.3 Å². The Morgan fingerprint density at radius 2 is 1.67 bits per heavy atom. The normalized spacial score (nSPS) is 13.2. The van der Waals surface area contributed by atoms with Gasteiger partial charge < -0.3 is 10.1 Å². The first-order valence-electron chi connectivity index (χ1n) is 8.51. The van der Waals surface area contributed by atoms with E-state index >= 15 is 0 Å². The maximum atomic E-state index is 12.6. The summed E-state index contributed by atoms with van der Waals surface area (Å²) in [5, 5.41) is 3.05. The van der Waals surface area contributed by atoms with Crippen molar-refractivity contribution in [2.45, 2.75) is 53.2 Å². The van der Waals surface area contributed by atoms with Crippen LogP contribution >= 0.6 is 0 Å². The second-order valence-corrected chi connectivity index (χ2v) is 6.42. The Kier molecular flexibility index (Phi) is 6.02. The molecule has 0 aliphatic heterocycles. The first-order valence-corrected chi connectivity index (χ1v) is 8.51. The molecular formula is C21H27NO2. The zero-order valence-electron chi connectivity index (χ0n) is 15.2. The molecule has 2 aromatic carbocycles. The summed E-state index contributed by atoms with van der Waals surface area (Å²) in [5.74, 6) is 0.691. The number of hydrogen-bond donors (Lipinski definition) is 1. The summed E-state index contributed by atoms with van der Waals surface area (Å²) in [4.78, 5) is 12.6. The van der Waals surface area contributed by atoms with Crippen LogP contribution in [0, 0.1) is 20.8 Å². The number of carbonyl (C=O) groups is 1. The van der Waals surface area contributed by atoms with Crippen molar-refractivity contribution in [1.82, 2.24) is 5.32 Å². The first kappa shape index (κ1) is 18.1. The highest BCUT2D eigenvalue weighted by atomic mass is 16.5. The third-order valence-electron chi connectivity index (χ3n) is 4.20. The highest BCUT2D eigenvalue weighted by molar-refractivity contribution is 5.81. The minimum absolute atomic E-state index is 0.0464. The maximum absolute atomic E-state index is 12.6. The second-order valence-electron chi connectivity index (χ2n) is 6.42. The van der Waals surface area contributed by atoms with E-state index in [1.54, 1.807) is 0 Å². The Labute approximate surface area is 145 Å². The minimum atomic E-state index is -0.487. The molecule has 0 aliphatic carbocycles. The van der Waals surface area contributed by atoms with Gasteiger partial charge in [0.05, 0.1) is 6.04 Å². The van der Waals surface area contributed by atoms with Crippen molar-refractivity contribution in [3.63, 3.8) is 0 Å². The number of aryl methyl sites for hydroxylation is 3. The Morgan fingerprint density at radius 1 is 1.04 bits per heavy atom. The lowest BCUT2D eigenvalue weighted by Gasteiger charge is -2.22. The van der Waals surface area contributed by atoms with Crippen LogP contribution in [0.4, 0.5) is 0 Å². The largest absolute Gasteiger partial charge is 0.480 e. The Hall–Kier alpha value is -2.29. The fraction of sp³-hybridized carbons (Fsp3) is 0.381. The number of nitrogens with one attached hydrogen (secondary N) is 1. The molecule has 2 rings (SSSR count). The third-order valence-corrected chi connectivity index (χ3v) is 4.20. The van der Waals surface area contributed by atoms with Crippen molar-refractivity contribution in [2.75, 3.05) is 0 Å². The predicted molar refractivity (Wildman–Crippen MR) is 98.4 cm³/mol. The van der Waals surface area contributed by atoms with Crippen molar-refractivity contribution in [3.05, 3.63) is 64.7 Å². The quantitative estimate of drug-likeness (QED) is 0.840. The minimum Gasteiger partial charge on any atom is -0.480 e. The molecule has 2 atom stereocenters. The van der Waals surface area contributed by atoms with Gasteiger partial charge in [0.25, 0.3) is 5.91 Å². The van der Waals surface area contributed by atoms with Gasteiger partial charge in [0.1, 0.15) is 5.75 Å². The molecule has 0 radical (unpaired) electrons. The molecule has 0 saturated heterocycles. The summed E-state index contributed by atoms with van der Waals surface area (Å²) in [6, 6.07) is 14.2. The maximum Gasteiger partial charge on any atom is 0.261 e. The number of carbonyl (C=O) groups excluding carboxylic acids is 1. The molecule has 0 bridgehead atoms. The molecule has 3 heteroatoms. The van der Waals surface area contributed by atoms with Crippen LogP contribution in [0.1, 0.15) is 48.6 Å². The van der Waals surface area contributed by atoms with E-state index in [4.69, 9.17) is 4.74 Å². The first-order chi connectivity index (χ1) is 11.4. The van der Waals surface area contributed by atoms with Gasteiger partial charge in [-0.2, -0.15) is 0 Å². The van der Waals surface area contributed by atoms with E-state index in [1.807, 2.05) is 52.0 Å². The number of rotatable bonds is 6. The Morgan fingerprint density at radius 3 is 2.25 bits per heavy atom. The number of benzene rings is 2. The van der Waals surface area contributed by atoms with Crippen LogP contribution in [0.25, 0.3) is 0 Å². The Bertz CT molecular complexity index is 691. The third kappa shape index (κ3) is 4.60. The summed E-state index contributed by atoms with van der Waals surface area (Å²) in [7, 11) is 0. The van der Waals surface area contributed by atoms with Gasteiger partial charge in [-0.15, -0.1) is 0 Å². The van der Waals surface area contributed by atoms with Crippen LogP contribution in [0.15, 0.2) is 42.5 Å². The monoisotopic (exact) mass is 325 g/mol. The smallest absolute Gasteiger partial charge is 0.261 e. The van der Waals surface area contributed by atoms with Gasteiger partial charge in [-0.3, -0.25) is 4.79 Å². The molecule has 3 nitrogen and oxygen atoms in total. The zero-order valence-corrected chi connectivity index (χ0v) is 15.2. The van der Waals surface area contributed by atoms with Gasteiger partial charge in [0, 0.05) is 0 Å². The van der Waals surface area contributed by atoms with Crippen LogP contribution < -0.4 is 10.1 Å². The average molecular weight is 325 g/mol. The summed E-state index contributed by atoms with van der Waals surface area (Å²) in [6.45, 7) is 10.1. The fourth-order valence-electron chi connectivity index (χ4n) is 2.65. The van der Waals surface area contributed by atoms with E-state index in [2.05, 4.69) is 30.4 Å². The van der Waals surface area contributed by atoms with Crippen LogP contribution in [-0.2, 0) is 4.79 Å². The van der Waals surface area contributed by atoms with E-state index < -0.39 is 6.10 Å². The molecule has 0 aliphatic rings. The van der Waals surface area contributed by atoms with Gasteiger partial charge in [0.2, 0.25) is 0 Å². The standard InChI is InChI=1S/C21H27NO2/c1-6-19(24-20-12-9-15(3)13-16(20)4)21(23)22-17(5)18-10-7-14(2)8-11-18/h7-13,17,19H,6H2,1-5H3,(H,22,23)/t17-,19+/m0/s1. The molecule has 0 spiro atoms. The summed E-state index contributed by atoms with van der Waals surface area (Å²) < 4.78 is 5.96. The van der Waals surface area contributed by atoms with E-state index in [0.717, 1.165) is 16.9 Å². The molecular weight excluding hydrogens is 298 g/mol. The van der Waals surface area contributed by atoms with Crippen molar-refractivity contribution in [3.8, 4) is 5.75 Å². The molecule has 0 unspecified atom stereocenters. The summed E-state index contributed by atoms with van der Waals surface area (Å²) in [5.41, 5.74) is 4.54. The van der Waals surface area contributed by atoms with Crippen LogP contribution in [0.5, 0.6) is 5.75 Å². The van der Waals surface area contributed by atoms with Crippen LogP contribution in [0.2, 0.25) is 0 Å². The molecule has 2 aromatic rings. The molecule has 1 N–H and O–H groups in total. The second kappa shape index (κ2) is 8.00. The molecule has 0 saturated carbocycles. The fourth-order valence-corrected chi connectivity index (χ4v) is 2.65. The molecule has 0 fully saturated rings. The average Bonchev–Trinajstić information content (AvgIpc) is 2.54. The number of amides is 1. The highest BCUT2D eigenvalue weighted by Crippen LogP contribution is 2.21. The van der Waals surface area contributed by atoms with Crippen molar-refractivity contribution in [1.29, 1.82) is 0 Å². The van der Waals surface area contributed by atoms with Crippen LogP contribution in [-0.4, -0.2) is 12.0 Å². The predicted octanol–water partition coefficient (Wildman–Crippen LogP) is 4.65. The van der Waals surface area contributed by atoms with Crippen LogP contribution in [0.3, 0.4) is 0 Å². The molecule has 1 amide bonds. The summed E-state index contributed by atoms with van der Waals surface area (Å²) >= 11 is 0. The number of ether oxygens (including phenoxy) is 1. The van der Waals surface area contributed by atoms with E-state index in [-0.39, 0.29) is 11.9 Å². The zero-order chi connectivity index (χ0) is 17.7. The van der Waals surface area contributed by atoms with E-state index in [9.17, 15) is 4.79 Å². The highest BCUT2D eigenvalue weighted by Gasteiger charge is 2.21. The van der Waals surface area contributed by atoms with Crippen molar-refractivity contribution in [2.24, 2.45) is 0 Å². The van der Waals surface area contributed by atoms with Gasteiger partial charge in [-0.25, -0.2) is 0 Å². The molecule has 0 heterocycles. The molecule has 24 heavy (non-hydrogen) atoms. The Balaban J connectivity index is 2.04. The summed E-state index contributed by atoms with van der Waals surface area (Å²) in [6.07, 6.45) is 0.138. The lowest BCUT2D eigenvalue weighted by Crippen LogP contribution is -2.39. The number of hydrogen-bond acceptors (Lipinski definition) is 2. The van der Waals surface area contributed by atoms with Gasteiger partial charge in [0.15, 0.2) is 6.10 Å². The van der Waals surface area contributed by atoms with Gasteiger partial charge in [-0.05, 0) is 51.3 Å². The van der Waals surface area contributed by atoms with E-state index in [1.165, 1.54) is 11.1 Å². The van der Waals surface area contributed by atoms with E-state index in [0.29, 0.717) is 6.42 Å². The SMILES string of the molecule is CC[C@@H](Oc1ccc(C)cc1C)C(=O)N[C@@H](C)c1ccc(C)cc1. The van der Waals surface area contributed by atoms with Gasteiger partial charge >= 0.3 is 0 Å². The lowest BCUT2D eigenvalue weighted by atomic mass is 10.1. The van der Waals surface area contributed by atoms with Gasteiger partial charge in [-0.1, -0.05) is 54.4 Å². The molecule has 128 valence electrons. The lowest BCUT2D eigenvalue weighted by molar-refractivity contribution is -0.128. The van der Waals surface area contributed by atoms with Crippen molar-refractivity contribution < 1.29 is 9.53 Å².